The van der Waals surface area contributed by atoms with Crippen molar-refractivity contribution in [1.29, 1.82) is 0 Å². The Balaban J connectivity index is 2.28. The third-order valence-corrected chi connectivity index (χ3v) is 4.15. The first kappa shape index (κ1) is 13.3. The van der Waals surface area contributed by atoms with Crippen molar-refractivity contribution in [2.24, 2.45) is 17.6 Å². The summed E-state index contributed by atoms with van der Waals surface area (Å²) in [6, 6.07) is 4.73. The summed E-state index contributed by atoms with van der Waals surface area (Å²) in [5.74, 6) is 2.61. The van der Waals surface area contributed by atoms with E-state index in [2.05, 4.69) is 36.7 Å². The summed E-state index contributed by atoms with van der Waals surface area (Å²) in [5.41, 5.74) is 6.99. The number of anilines is 1. The summed E-state index contributed by atoms with van der Waals surface area (Å²) in [4.78, 5) is 7.09. The molecule has 3 nitrogen and oxygen atoms in total. The van der Waals surface area contributed by atoms with Crippen molar-refractivity contribution in [3.8, 4) is 0 Å². The number of aromatic nitrogens is 1. The van der Waals surface area contributed by atoms with Crippen molar-refractivity contribution in [3.63, 3.8) is 0 Å². The molecule has 0 aromatic carbocycles. The van der Waals surface area contributed by atoms with Gasteiger partial charge in [-0.1, -0.05) is 19.9 Å². The molecule has 3 atom stereocenters. The third-order valence-electron chi connectivity index (χ3n) is 4.15. The number of pyridine rings is 1. The zero-order chi connectivity index (χ0) is 13.1. The predicted octanol–water partition coefficient (Wildman–Crippen LogP) is 2.45. The first-order valence-corrected chi connectivity index (χ1v) is 7.04. The molecule has 0 saturated carbocycles. The van der Waals surface area contributed by atoms with Crippen LogP contribution in [0.1, 0.15) is 32.8 Å². The highest BCUT2D eigenvalue weighted by Gasteiger charge is 2.30. The van der Waals surface area contributed by atoms with E-state index in [1.165, 1.54) is 12.0 Å². The van der Waals surface area contributed by atoms with Crippen LogP contribution in [0.3, 0.4) is 0 Å². The largest absolute Gasteiger partial charge is 0.353 e. The van der Waals surface area contributed by atoms with Crippen LogP contribution in [0.5, 0.6) is 0 Å². The van der Waals surface area contributed by atoms with Crippen LogP contribution >= 0.6 is 0 Å². The van der Waals surface area contributed by atoms with E-state index in [0.29, 0.717) is 12.6 Å². The van der Waals surface area contributed by atoms with Gasteiger partial charge >= 0.3 is 0 Å². The van der Waals surface area contributed by atoms with E-state index in [-0.39, 0.29) is 0 Å². The van der Waals surface area contributed by atoms with Gasteiger partial charge < -0.3 is 10.6 Å². The molecule has 0 spiro atoms. The van der Waals surface area contributed by atoms with Crippen molar-refractivity contribution in [2.45, 2.75) is 39.7 Å². The van der Waals surface area contributed by atoms with Crippen molar-refractivity contribution >= 4 is 5.82 Å². The Labute approximate surface area is 110 Å². The molecule has 0 radical (unpaired) electrons. The van der Waals surface area contributed by atoms with E-state index < -0.39 is 0 Å². The van der Waals surface area contributed by atoms with Crippen LogP contribution in [-0.4, -0.2) is 24.1 Å². The van der Waals surface area contributed by atoms with Crippen LogP contribution in [-0.2, 0) is 6.42 Å². The van der Waals surface area contributed by atoms with Gasteiger partial charge in [0, 0.05) is 18.8 Å². The van der Waals surface area contributed by atoms with E-state index in [0.717, 1.165) is 30.6 Å². The lowest BCUT2D eigenvalue weighted by atomic mass is 9.85. The Morgan fingerprint density at radius 1 is 1.39 bits per heavy atom. The number of hydrogen-bond acceptors (Lipinski definition) is 3. The second kappa shape index (κ2) is 5.70. The SMILES string of the molecule is CC1CC(C)C(C)N(c2ncccc2CCN)C1. The molecule has 1 fully saturated rings. The summed E-state index contributed by atoms with van der Waals surface area (Å²) in [5, 5.41) is 0. The first-order valence-electron chi connectivity index (χ1n) is 7.04. The maximum Gasteiger partial charge on any atom is 0.132 e. The molecule has 1 aromatic rings. The summed E-state index contributed by atoms with van der Waals surface area (Å²) in [6.45, 7) is 8.80. The van der Waals surface area contributed by atoms with E-state index in [9.17, 15) is 0 Å². The van der Waals surface area contributed by atoms with Crippen molar-refractivity contribution < 1.29 is 0 Å². The monoisotopic (exact) mass is 247 g/mol. The molecule has 100 valence electrons. The summed E-state index contributed by atoms with van der Waals surface area (Å²) >= 11 is 0. The van der Waals surface area contributed by atoms with Crippen LogP contribution in [0.25, 0.3) is 0 Å². The van der Waals surface area contributed by atoms with Gasteiger partial charge in [0.15, 0.2) is 0 Å². The van der Waals surface area contributed by atoms with Crippen molar-refractivity contribution in [1.82, 2.24) is 4.98 Å². The minimum Gasteiger partial charge on any atom is -0.353 e. The molecule has 1 aliphatic rings. The fourth-order valence-corrected chi connectivity index (χ4v) is 3.03. The van der Waals surface area contributed by atoms with E-state index in [1.807, 2.05) is 12.3 Å². The van der Waals surface area contributed by atoms with Gasteiger partial charge in [0.1, 0.15) is 5.82 Å². The molecule has 0 aliphatic carbocycles. The average Bonchev–Trinajstić information content (AvgIpc) is 2.35. The van der Waals surface area contributed by atoms with Gasteiger partial charge in [-0.25, -0.2) is 4.98 Å². The standard InChI is InChI=1S/C15H25N3/c1-11-9-12(2)13(3)18(10-11)15-14(6-7-16)5-4-8-17-15/h4-5,8,11-13H,6-7,9-10,16H2,1-3H3. The van der Waals surface area contributed by atoms with Gasteiger partial charge in [0.05, 0.1) is 0 Å². The molecular formula is C15H25N3. The summed E-state index contributed by atoms with van der Waals surface area (Å²) in [7, 11) is 0. The molecule has 18 heavy (non-hydrogen) atoms. The third kappa shape index (κ3) is 2.66. The Morgan fingerprint density at radius 3 is 2.89 bits per heavy atom. The fraction of sp³-hybridized carbons (Fsp3) is 0.667. The Kier molecular flexibility index (Phi) is 4.23. The highest BCUT2D eigenvalue weighted by molar-refractivity contribution is 5.48. The van der Waals surface area contributed by atoms with Crippen LogP contribution in [0, 0.1) is 11.8 Å². The molecule has 1 aliphatic heterocycles. The Hall–Kier alpha value is -1.09. The minimum atomic E-state index is 0.563. The predicted molar refractivity (Wildman–Crippen MR) is 76.7 cm³/mol. The Bertz CT molecular complexity index is 391. The van der Waals surface area contributed by atoms with Gasteiger partial charge in [-0.15, -0.1) is 0 Å². The highest BCUT2D eigenvalue weighted by Crippen LogP contribution is 2.31. The molecule has 3 unspecified atom stereocenters. The van der Waals surface area contributed by atoms with Crippen molar-refractivity contribution in [3.05, 3.63) is 23.9 Å². The molecule has 2 N–H and O–H groups in total. The maximum atomic E-state index is 5.70. The lowest BCUT2D eigenvalue weighted by Gasteiger charge is -2.42. The number of piperidine rings is 1. The minimum absolute atomic E-state index is 0.563. The van der Waals surface area contributed by atoms with Crippen LogP contribution in [0.15, 0.2) is 18.3 Å². The van der Waals surface area contributed by atoms with Crippen LogP contribution in [0.4, 0.5) is 5.82 Å². The number of nitrogens with two attached hydrogens (primary N) is 1. The summed E-state index contributed by atoms with van der Waals surface area (Å²) < 4.78 is 0. The zero-order valence-electron chi connectivity index (χ0n) is 11.8. The van der Waals surface area contributed by atoms with Gasteiger partial charge in [0.25, 0.3) is 0 Å². The number of hydrogen-bond donors (Lipinski definition) is 1. The molecule has 3 heteroatoms. The lowest BCUT2D eigenvalue weighted by molar-refractivity contribution is 0.295. The Morgan fingerprint density at radius 2 is 2.17 bits per heavy atom. The highest BCUT2D eigenvalue weighted by atomic mass is 15.2. The number of rotatable bonds is 3. The second-order valence-electron chi connectivity index (χ2n) is 5.74. The van der Waals surface area contributed by atoms with Crippen LogP contribution < -0.4 is 10.6 Å². The van der Waals surface area contributed by atoms with Crippen molar-refractivity contribution in [2.75, 3.05) is 18.0 Å². The zero-order valence-corrected chi connectivity index (χ0v) is 11.8. The molecular weight excluding hydrogens is 222 g/mol. The smallest absolute Gasteiger partial charge is 0.132 e. The fourth-order valence-electron chi connectivity index (χ4n) is 3.03. The summed E-state index contributed by atoms with van der Waals surface area (Å²) in [6.07, 6.45) is 4.12. The van der Waals surface area contributed by atoms with Crippen LogP contribution in [0.2, 0.25) is 0 Å². The van der Waals surface area contributed by atoms with Gasteiger partial charge in [0.2, 0.25) is 0 Å². The van der Waals surface area contributed by atoms with Gasteiger partial charge in [-0.05, 0) is 49.8 Å². The van der Waals surface area contributed by atoms with Gasteiger partial charge in [-0.3, -0.25) is 0 Å². The average molecular weight is 247 g/mol. The molecule has 0 amide bonds. The molecule has 2 heterocycles. The van der Waals surface area contributed by atoms with E-state index >= 15 is 0 Å². The first-order chi connectivity index (χ1) is 8.63. The normalized spacial score (nSPS) is 28.4. The topological polar surface area (TPSA) is 42.2 Å². The molecule has 2 rings (SSSR count). The molecule has 1 saturated heterocycles. The quantitative estimate of drug-likeness (QED) is 0.892. The molecule has 1 aromatic heterocycles. The lowest BCUT2D eigenvalue weighted by Crippen LogP contribution is -2.46. The number of nitrogens with zero attached hydrogens (tertiary/aromatic N) is 2. The second-order valence-corrected chi connectivity index (χ2v) is 5.74. The maximum absolute atomic E-state index is 5.70. The van der Waals surface area contributed by atoms with Gasteiger partial charge in [-0.2, -0.15) is 0 Å². The van der Waals surface area contributed by atoms with E-state index in [4.69, 9.17) is 5.73 Å². The molecule has 0 bridgehead atoms. The van der Waals surface area contributed by atoms with E-state index in [1.54, 1.807) is 0 Å².